The van der Waals surface area contributed by atoms with Gasteiger partial charge in [0.25, 0.3) is 5.91 Å². The van der Waals surface area contributed by atoms with Crippen LogP contribution in [0.15, 0.2) is 48.5 Å². The highest BCUT2D eigenvalue weighted by Crippen LogP contribution is 2.30. The molecule has 2 aliphatic heterocycles. The van der Waals surface area contributed by atoms with E-state index in [2.05, 4.69) is 10.2 Å². The van der Waals surface area contributed by atoms with Gasteiger partial charge in [-0.15, -0.1) is 0 Å². The van der Waals surface area contributed by atoms with Gasteiger partial charge in [0.15, 0.2) is 0 Å². The van der Waals surface area contributed by atoms with Crippen molar-refractivity contribution in [2.45, 2.75) is 44.2 Å². The van der Waals surface area contributed by atoms with Gasteiger partial charge in [-0.3, -0.25) is 10.1 Å². The van der Waals surface area contributed by atoms with E-state index < -0.39 is 12.2 Å². The van der Waals surface area contributed by atoms with Gasteiger partial charge in [0.05, 0.1) is 0 Å². The second kappa shape index (κ2) is 11.2. The highest BCUT2D eigenvalue weighted by Gasteiger charge is 2.34. The number of piperidine rings is 2. The third-order valence-corrected chi connectivity index (χ3v) is 7.01. The Bertz CT molecular complexity index is 956. The van der Waals surface area contributed by atoms with Crippen LogP contribution in [0.5, 0.6) is 0 Å². The highest BCUT2D eigenvalue weighted by molar-refractivity contribution is 6.31. The lowest BCUT2D eigenvalue weighted by atomic mass is 9.99. The first-order valence-corrected chi connectivity index (χ1v) is 12.3. The molecule has 2 aromatic rings. The van der Waals surface area contributed by atoms with Crippen molar-refractivity contribution in [3.05, 3.63) is 64.1 Å². The van der Waals surface area contributed by atoms with Gasteiger partial charge in [-0.2, -0.15) is 0 Å². The van der Waals surface area contributed by atoms with Gasteiger partial charge in [-0.25, -0.2) is 4.79 Å². The number of rotatable bonds is 5. The zero-order chi connectivity index (χ0) is 23.2. The lowest BCUT2D eigenvalue weighted by molar-refractivity contribution is -0.142. The zero-order valence-electron chi connectivity index (χ0n) is 18.5. The van der Waals surface area contributed by atoms with Crippen LogP contribution < -0.4 is 5.32 Å². The van der Waals surface area contributed by atoms with Gasteiger partial charge >= 0.3 is 6.09 Å². The third kappa shape index (κ3) is 6.19. The summed E-state index contributed by atoms with van der Waals surface area (Å²) in [5.74, 6) is -0.244. The molecule has 176 valence electrons. The van der Waals surface area contributed by atoms with Crippen LogP contribution >= 0.6 is 23.2 Å². The van der Waals surface area contributed by atoms with E-state index in [4.69, 9.17) is 27.9 Å². The largest absolute Gasteiger partial charge is 0.431 e. The molecule has 1 N–H and O–H groups in total. The van der Waals surface area contributed by atoms with Crippen molar-refractivity contribution in [1.29, 1.82) is 0 Å². The maximum atomic E-state index is 13.5. The molecule has 0 unspecified atom stereocenters. The Morgan fingerprint density at radius 3 is 2.24 bits per heavy atom. The zero-order valence-corrected chi connectivity index (χ0v) is 20.0. The van der Waals surface area contributed by atoms with Crippen LogP contribution in [0.25, 0.3) is 0 Å². The molecular formula is C25H29Cl2N3O3. The van der Waals surface area contributed by atoms with Crippen molar-refractivity contribution in [2.75, 3.05) is 31.5 Å². The van der Waals surface area contributed by atoms with Crippen LogP contribution in [-0.4, -0.2) is 54.0 Å². The number of benzene rings is 2. The molecule has 0 aliphatic carbocycles. The number of hydrogen-bond acceptors (Lipinski definition) is 4. The molecule has 0 radical (unpaired) electrons. The maximum Gasteiger partial charge on any atom is 0.412 e. The normalized spacial score (nSPS) is 18.5. The fourth-order valence-corrected chi connectivity index (χ4v) is 4.98. The van der Waals surface area contributed by atoms with Gasteiger partial charge in [0.1, 0.15) is 0 Å². The van der Waals surface area contributed by atoms with Crippen LogP contribution in [0, 0.1) is 0 Å². The number of halogens is 2. The number of anilines is 1. The molecule has 2 amide bonds. The van der Waals surface area contributed by atoms with Gasteiger partial charge in [0, 0.05) is 40.4 Å². The molecule has 0 spiro atoms. The molecule has 6 nitrogen and oxygen atoms in total. The summed E-state index contributed by atoms with van der Waals surface area (Å²) < 4.78 is 5.64. The minimum atomic E-state index is -1.11. The van der Waals surface area contributed by atoms with Crippen molar-refractivity contribution in [3.63, 3.8) is 0 Å². The summed E-state index contributed by atoms with van der Waals surface area (Å²) in [7, 11) is 0. The molecule has 0 aromatic heterocycles. The Morgan fingerprint density at radius 2 is 1.58 bits per heavy atom. The SMILES string of the molecule is O=C(Nc1ccc(Cl)cc1)O[C@@H](C(=O)N1CCC(N2CCCCC2)CC1)c1ccccc1Cl. The minimum absolute atomic E-state index is 0.244. The van der Waals surface area contributed by atoms with E-state index in [1.54, 1.807) is 53.4 Å². The number of ether oxygens (including phenoxy) is 1. The van der Waals surface area contributed by atoms with Crippen LogP contribution in [0.2, 0.25) is 10.0 Å². The Hall–Kier alpha value is -2.28. The monoisotopic (exact) mass is 489 g/mol. The van der Waals surface area contributed by atoms with Crippen molar-refractivity contribution in [2.24, 2.45) is 0 Å². The first kappa shape index (κ1) is 23.9. The number of hydrogen-bond donors (Lipinski definition) is 1. The summed E-state index contributed by atoms with van der Waals surface area (Å²) in [6.45, 7) is 3.58. The van der Waals surface area contributed by atoms with E-state index >= 15 is 0 Å². The number of likely N-dealkylation sites (tertiary alicyclic amines) is 2. The quantitative estimate of drug-likeness (QED) is 0.579. The minimum Gasteiger partial charge on any atom is -0.431 e. The second-order valence-electron chi connectivity index (χ2n) is 8.59. The molecular weight excluding hydrogens is 461 g/mol. The van der Waals surface area contributed by atoms with Crippen LogP contribution in [0.1, 0.15) is 43.8 Å². The summed E-state index contributed by atoms with van der Waals surface area (Å²) in [5, 5.41) is 3.60. The average molecular weight is 490 g/mol. The van der Waals surface area contributed by atoms with Crippen LogP contribution in [0.3, 0.4) is 0 Å². The number of carbonyl (C=O) groups is 2. The molecule has 8 heteroatoms. The summed E-state index contributed by atoms with van der Waals surface area (Å²) >= 11 is 12.3. The molecule has 1 atom stereocenters. The smallest absolute Gasteiger partial charge is 0.412 e. The Balaban J connectivity index is 1.44. The van der Waals surface area contributed by atoms with Crippen molar-refractivity contribution < 1.29 is 14.3 Å². The number of carbonyl (C=O) groups excluding carboxylic acids is 2. The van der Waals surface area contributed by atoms with Crippen LogP contribution in [0.4, 0.5) is 10.5 Å². The lowest BCUT2D eigenvalue weighted by Gasteiger charge is -2.40. The Kier molecular flexibility index (Phi) is 8.12. The first-order valence-electron chi connectivity index (χ1n) is 11.5. The van der Waals surface area contributed by atoms with E-state index in [1.807, 2.05) is 0 Å². The number of nitrogens with zero attached hydrogens (tertiary/aromatic N) is 2. The average Bonchev–Trinajstić information content (AvgIpc) is 2.85. The molecule has 4 rings (SSSR count). The predicted octanol–water partition coefficient (Wildman–Crippen LogP) is 5.76. The topological polar surface area (TPSA) is 61.9 Å². The molecule has 0 bridgehead atoms. The summed E-state index contributed by atoms with van der Waals surface area (Å²) in [6.07, 6.45) is 3.84. The summed E-state index contributed by atoms with van der Waals surface area (Å²) in [5.41, 5.74) is 1.01. The van der Waals surface area contributed by atoms with Gasteiger partial charge in [-0.1, -0.05) is 47.8 Å². The van der Waals surface area contributed by atoms with Gasteiger partial charge in [0.2, 0.25) is 6.10 Å². The van der Waals surface area contributed by atoms with E-state index in [1.165, 1.54) is 19.3 Å². The number of amides is 2. The van der Waals surface area contributed by atoms with E-state index in [-0.39, 0.29) is 5.91 Å². The molecule has 2 saturated heterocycles. The molecule has 0 saturated carbocycles. The molecule has 2 aromatic carbocycles. The molecule has 2 aliphatic rings. The Labute approximate surface area is 204 Å². The summed E-state index contributed by atoms with van der Waals surface area (Å²) in [6, 6.07) is 14.2. The first-order chi connectivity index (χ1) is 16.0. The number of nitrogens with one attached hydrogen (secondary N) is 1. The van der Waals surface area contributed by atoms with Crippen molar-refractivity contribution in [1.82, 2.24) is 9.80 Å². The summed E-state index contributed by atoms with van der Waals surface area (Å²) in [4.78, 5) is 30.5. The van der Waals surface area contributed by atoms with Gasteiger partial charge < -0.3 is 14.5 Å². The standard InChI is InChI=1S/C25H29Cl2N3O3/c26-18-8-10-19(11-9-18)28-25(32)33-23(21-6-2-3-7-22(21)27)24(31)30-16-12-20(13-17-30)29-14-4-1-5-15-29/h2-3,6-11,20,23H,1,4-5,12-17H2,(H,28,32)/t23-/m1/s1. The van der Waals surface area contributed by atoms with E-state index in [9.17, 15) is 9.59 Å². The fourth-order valence-electron chi connectivity index (χ4n) is 4.62. The molecule has 2 fully saturated rings. The Morgan fingerprint density at radius 1 is 0.909 bits per heavy atom. The van der Waals surface area contributed by atoms with Crippen molar-refractivity contribution in [3.8, 4) is 0 Å². The lowest BCUT2D eigenvalue weighted by Crippen LogP contribution is -2.49. The second-order valence-corrected chi connectivity index (χ2v) is 9.44. The molecule has 2 heterocycles. The van der Waals surface area contributed by atoms with Crippen LogP contribution in [-0.2, 0) is 9.53 Å². The van der Waals surface area contributed by atoms with E-state index in [0.717, 1.165) is 25.9 Å². The van der Waals surface area contributed by atoms with Gasteiger partial charge in [-0.05, 0) is 69.1 Å². The van der Waals surface area contributed by atoms with E-state index in [0.29, 0.717) is 40.4 Å². The van der Waals surface area contributed by atoms with Crippen molar-refractivity contribution >= 4 is 40.9 Å². The maximum absolute atomic E-state index is 13.5. The predicted molar refractivity (Wildman–Crippen MR) is 131 cm³/mol. The highest BCUT2D eigenvalue weighted by atomic mass is 35.5. The molecule has 33 heavy (non-hydrogen) atoms. The third-order valence-electron chi connectivity index (χ3n) is 6.41. The fraction of sp³-hybridized carbons (Fsp3) is 0.440.